The van der Waals surface area contributed by atoms with Crippen LogP contribution in [0.4, 0.5) is 4.39 Å². The minimum absolute atomic E-state index is 0.0426. The first kappa shape index (κ1) is 15.2. The molecule has 0 bridgehead atoms. The van der Waals surface area contributed by atoms with Crippen LogP contribution in [-0.4, -0.2) is 0 Å². The molecule has 0 saturated heterocycles. The number of hydrazine groups is 1. The van der Waals surface area contributed by atoms with E-state index in [-0.39, 0.29) is 11.9 Å². The van der Waals surface area contributed by atoms with E-state index in [4.69, 9.17) is 5.84 Å². The molecular weight excluding hydrogens is 319 g/mol. The van der Waals surface area contributed by atoms with E-state index in [0.29, 0.717) is 10.9 Å². The van der Waals surface area contributed by atoms with Crippen molar-refractivity contribution in [3.8, 4) is 0 Å². The van der Waals surface area contributed by atoms with Crippen LogP contribution in [0.25, 0.3) is 0 Å². The lowest BCUT2D eigenvalue weighted by molar-refractivity contribution is 0.546. The Morgan fingerprint density at radius 1 is 1.20 bits per heavy atom. The molecule has 2 nitrogen and oxygen atoms in total. The lowest BCUT2D eigenvalue weighted by Gasteiger charge is -2.18. The number of hydrogen-bond acceptors (Lipinski definition) is 2. The zero-order valence-corrected chi connectivity index (χ0v) is 13.0. The van der Waals surface area contributed by atoms with Gasteiger partial charge >= 0.3 is 0 Å². The van der Waals surface area contributed by atoms with E-state index in [0.717, 1.165) is 17.5 Å². The Bertz CT molecular complexity index is 569. The molecule has 0 amide bonds. The Labute approximate surface area is 127 Å². The van der Waals surface area contributed by atoms with Gasteiger partial charge in [-0.25, -0.2) is 4.39 Å². The lowest BCUT2D eigenvalue weighted by atomic mass is 9.98. The smallest absolute Gasteiger partial charge is 0.137 e. The van der Waals surface area contributed by atoms with Crippen molar-refractivity contribution in [2.75, 3.05) is 0 Å². The Morgan fingerprint density at radius 2 is 1.90 bits per heavy atom. The molecule has 1 atom stereocenters. The van der Waals surface area contributed by atoms with Crippen molar-refractivity contribution in [2.45, 2.75) is 25.8 Å². The first-order chi connectivity index (χ1) is 9.65. The molecule has 2 rings (SSSR count). The summed E-state index contributed by atoms with van der Waals surface area (Å²) in [6.07, 6.45) is 1.64. The van der Waals surface area contributed by atoms with E-state index < -0.39 is 0 Å². The Morgan fingerprint density at radius 3 is 2.50 bits per heavy atom. The fourth-order valence-corrected chi connectivity index (χ4v) is 2.61. The number of halogens is 2. The van der Waals surface area contributed by atoms with E-state index in [1.807, 2.05) is 6.07 Å². The SMILES string of the molecule is CCc1ccc(C(Cc2cccc(F)c2Br)NN)cc1. The number of nitrogens with two attached hydrogens (primary N) is 1. The summed E-state index contributed by atoms with van der Waals surface area (Å²) in [5, 5.41) is 0. The molecule has 0 aliphatic heterocycles. The third kappa shape index (κ3) is 3.45. The van der Waals surface area contributed by atoms with Crippen molar-refractivity contribution in [1.29, 1.82) is 0 Å². The van der Waals surface area contributed by atoms with Gasteiger partial charge in [0.1, 0.15) is 5.82 Å². The second kappa shape index (κ2) is 6.97. The van der Waals surface area contributed by atoms with Gasteiger partial charge in [-0.2, -0.15) is 0 Å². The van der Waals surface area contributed by atoms with Gasteiger partial charge in [-0.1, -0.05) is 43.3 Å². The summed E-state index contributed by atoms with van der Waals surface area (Å²) in [6, 6.07) is 13.3. The van der Waals surface area contributed by atoms with Gasteiger partial charge in [0.25, 0.3) is 0 Å². The fraction of sp³-hybridized carbons (Fsp3) is 0.250. The van der Waals surface area contributed by atoms with Crippen LogP contribution in [0.5, 0.6) is 0 Å². The van der Waals surface area contributed by atoms with E-state index in [1.165, 1.54) is 11.6 Å². The van der Waals surface area contributed by atoms with Crippen LogP contribution in [0, 0.1) is 5.82 Å². The summed E-state index contributed by atoms with van der Waals surface area (Å²) < 4.78 is 14.0. The summed E-state index contributed by atoms with van der Waals surface area (Å²) in [6.45, 7) is 2.12. The number of benzene rings is 2. The van der Waals surface area contributed by atoms with Gasteiger partial charge in [-0.3, -0.25) is 11.3 Å². The normalized spacial score (nSPS) is 12.4. The standard InChI is InChI=1S/C16H18BrFN2/c1-2-11-6-8-12(9-7-11)15(20-19)10-13-4-3-5-14(18)16(13)17/h3-9,15,20H,2,10,19H2,1H3. The van der Waals surface area contributed by atoms with E-state index >= 15 is 0 Å². The number of rotatable bonds is 5. The van der Waals surface area contributed by atoms with E-state index in [9.17, 15) is 4.39 Å². The molecular formula is C16H18BrFN2. The molecule has 106 valence electrons. The molecule has 0 aliphatic rings. The molecule has 4 heteroatoms. The van der Waals surface area contributed by atoms with Gasteiger partial charge in [0, 0.05) is 0 Å². The second-order valence-electron chi connectivity index (χ2n) is 4.73. The van der Waals surface area contributed by atoms with Gasteiger partial charge in [-0.05, 0) is 51.5 Å². The summed E-state index contributed by atoms with van der Waals surface area (Å²) in [4.78, 5) is 0. The molecule has 2 aromatic rings. The molecule has 1 unspecified atom stereocenters. The zero-order valence-electron chi connectivity index (χ0n) is 11.4. The van der Waals surface area contributed by atoms with Crippen molar-refractivity contribution in [2.24, 2.45) is 5.84 Å². The molecule has 0 heterocycles. The summed E-state index contributed by atoms with van der Waals surface area (Å²) in [5.74, 6) is 5.40. The predicted molar refractivity (Wildman–Crippen MR) is 83.7 cm³/mol. The monoisotopic (exact) mass is 336 g/mol. The molecule has 0 aromatic heterocycles. The van der Waals surface area contributed by atoms with Crippen LogP contribution < -0.4 is 11.3 Å². The Balaban J connectivity index is 2.21. The highest BCUT2D eigenvalue weighted by atomic mass is 79.9. The van der Waals surface area contributed by atoms with Crippen molar-refractivity contribution in [3.05, 3.63) is 69.4 Å². The van der Waals surface area contributed by atoms with Crippen LogP contribution in [0.1, 0.15) is 29.7 Å². The first-order valence-electron chi connectivity index (χ1n) is 6.63. The average molecular weight is 337 g/mol. The summed E-state index contributed by atoms with van der Waals surface area (Å²) in [5.41, 5.74) is 6.09. The third-order valence-corrected chi connectivity index (χ3v) is 4.34. The molecule has 0 fully saturated rings. The zero-order chi connectivity index (χ0) is 14.5. The molecule has 20 heavy (non-hydrogen) atoms. The fourth-order valence-electron chi connectivity index (χ4n) is 2.18. The number of nitrogens with one attached hydrogen (secondary N) is 1. The molecule has 0 radical (unpaired) electrons. The largest absolute Gasteiger partial charge is 0.271 e. The van der Waals surface area contributed by atoms with E-state index in [2.05, 4.69) is 52.5 Å². The van der Waals surface area contributed by atoms with Crippen LogP contribution in [-0.2, 0) is 12.8 Å². The maximum atomic E-state index is 13.5. The molecule has 0 aliphatic carbocycles. The minimum atomic E-state index is -0.250. The van der Waals surface area contributed by atoms with Crippen LogP contribution in [0.3, 0.4) is 0 Å². The summed E-state index contributed by atoms with van der Waals surface area (Å²) in [7, 11) is 0. The summed E-state index contributed by atoms with van der Waals surface area (Å²) >= 11 is 3.29. The number of hydrogen-bond donors (Lipinski definition) is 2. The highest BCUT2D eigenvalue weighted by Gasteiger charge is 2.14. The second-order valence-corrected chi connectivity index (χ2v) is 5.52. The van der Waals surface area contributed by atoms with Crippen molar-refractivity contribution < 1.29 is 4.39 Å². The third-order valence-electron chi connectivity index (χ3n) is 3.45. The van der Waals surface area contributed by atoms with Crippen molar-refractivity contribution >= 4 is 15.9 Å². The maximum Gasteiger partial charge on any atom is 0.137 e. The Hall–Kier alpha value is -1.23. The number of aryl methyl sites for hydroxylation is 1. The average Bonchev–Trinajstić information content (AvgIpc) is 2.49. The van der Waals surface area contributed by atoms with Gasteiger partial charge in [0.2, 0.25) is 0 Å². The van der Waals surface area contributed by atoms with Crippen LogP contribution in [0.15, 0.2) is 46.9 Å². The first-order valence-corrected chi connectivity index (χ1v) is 7.42. The van der Waals surface area contributed by atoms with Crippen LogP contribution >= 0.6 is 15.9 Å². The quantitative estimate of drug-likeness (QED) is 0.642. The topological polar surface area (TPSA) is 38.0 Å². The van der Waals surface area contributed by atoms with Gasteiger partial charge in [0.15, 0.2) is 0 Å². The lowest BCUT2D eigenvalue weighted by Crippen LogP contribution is -2.29. The maximum absolute atomic E-state index is 13.5. The predicted octanol–water partition coefficient (Wildman–Crippen LogP) is 3.90. The highest BCUT2D eigenvalue weighted by Crippen LogP contribution is 2.26. The molecule has 0 spiro atoms. The molecule has 2 aromatic carbocycles. The minimum Gasteiger partial charge on any atom is -0.271 e. The van der Waals surface area contributed by atoms with Crippen LogP contribution in [0.2, 0.25) is 0 Å². The molecule has 3 N–H and O–H groups in total. The molecule has 0 saturated carbocycles. The highest BCUT2D eigenvalue weighted by molar-refractivity contribution is 9.10. The van der Waals surface area contributed by atoms with Gasteiger partial charge in [0.05, 0.1) is 10.5 Å². The van der Waals surface area contributed by atoms with E-state index in [1.54, 1.807) is 6.07 Å². The Kier molecular flexibility index (Phi) is 5.29. The van der Waals surface area contributed by atoms with Crippen molar-refractivity contribution in [1.82, 2.24) is 5.43 Å². The van der Waals surface area contributed by atoms with Gasteiger partial charge in [-0.15, -0.1) is 0 Å². The van der Waals surface area contributed by atoms with Crippen molar-refractivity contribution in [3.63, 3.8) is 0 Å². The van der Waals surface area contributed by atoms with Gasteiger partial charge < -0.3 is 0 Å².